The van der Waals surface area contributed by atoms with Crippen LogP contribution < -0.4 is 10.6 Å². The molecule has 7 heteroatoms. The van der Waals surface area contributed by atoms with E-state index >= 15 is 0 Å². The second-order valence-electron chi connectivity index (χ2n) is 6.65. The van der Waals surface area contributed by atoms with Gasteiger partial charge in [-0.05, 0) is 61.7 Å². The van der Waals surface area contributed by atoms with Crippen molar-refractivity contribution in [3.8, 4) is 0 Å². The molecule has 1 fully saturated rings. The van der Waals surface area contributed by atoms with Crippen LogP contribution in [0.25, 0.3) is 0 Å². The van der Waals surface area contributed by atoms with Crippen LogP contribution in [0.1, 0.15) is 35.7 Å². The van der Waals surface area contributed by atoms with Gasteiger partial charge in [-0.2, -0.15) is 0 Å². The monoisotopic (exact) mass is 386 g/mol. The first-order valence-corrected chi connectivity index (χ1v) is 8.91. The molecule has 1 unspecified atom stereocenters. The molecule has 6 nitrogen and oxygen atoms in total. The van der Waals surface area contributed by atoms with Gasteiger partial charge in [-0.15, -0.1) is 0 Å². The van der Waals surface area contributed by atoms with Crippen LogP contribution in [0, 0.1) is 0 Å². The third-order valence-corrected chi connectivity index (χ3v) is 4.96. The normalized spacial score (nSPS) is 15.5. The fraction of sp³-hybridized carbons (Fsp3) is 0.250. The number of nitrogens with one attached hydrogen (secondary N) is 2. The van der Waals surface area contributed by atoms with Crippen LogP contribution in [0.5, 0.6) is 0 Å². The highest BCUT2D eigenvalue weighted by atomic mass is 35.5. The van der Waals surface area contributed by atoms with Crippen molar-refractivity contribution in [2.45, 2.75) is 31.2 Å². The number of rotatable bonds is 6. The first-order valence-electron chi connectivity index (χ1n) is 8.53. The van der Waals surface area contributed by atoms with Crippen LogP contribution in [0.4, 0.5) is 5.69 Å². The second kappa shape index (κ2) is 7.40. The quantitative estimate of drug-likeness (QED) is 0.710. The fourth-order valence-electron chi connectivity index (χ4n) is 2.84. The number of carboxylic acid groups (broad SMARTS) is 1. The Balaban J connectivity index is 1.66. The first-order chi connectivity index (χ1) is 12.8. The zero-order valence-electron chi connectivity index (χ0n) is 14.7. The molecule has 0 bridgehead atoms. The van der Waals surface area contributed by atoms with E-state index in [1.807, 2.05) is 12.1 Å². The van der Waals surface area contributed by atoms with E-state index in [-0.39, 0.29) is 5.91 Å². The van der Waals surface area contributed by atoms with Gasteiger partial charge in [0.1, 0.15) is 6.04 Å². The van der Waals surface area contributed by atoms with Gasteiger partial charge in [0.15, 0.2) is 0 Å². The van der Waals surface area contributed by atoms with Crippen LogP contribution in [-0.2, 0) is 15.0 Å². The van der Waals surface area contributed by atoms with Crippen LogP contribution in [0.2, 0.25) is 5.02 Å². The summed E-state index contributed by atoms with van der Waals surface area (Å²) in [6.45, 7) is 1.39. The molecule has 0 spiro atoms. The lowest BCUT2D eigenvalue weighted by molar-refractivity contribution is -0.138. The van der Waals surface area contributed by atoms with Gasteiger partial charge in [-0.1, -0.05) is 23.7 Å². The molecule has 2 aromatic rings. The van der Waals surface area contributed by atoms with Crippen molar-refractivity contribution in [2.24, 2.45) is 0 Å². The zero-order chi connectivity index (χ0) is 19.6. The van der Waals surface area contributed by atoms with Gasteiger partial charge in [0.25, 0.3) is 5.91 Å². The molecule has 27 heavy (non-hydrogen) atoms. The Morgan fingerprint density at radius 2 is 1.63 bits per heavy atom. The molecule has 0 heterocycles. The number of anilines is 1. The minimum atomic E-state index is -1.11. The van der Waals surface area contributed by atoms with E-state index < -0.39 is 23.3 Å². The number of benzene rings is 2. The lowest BCUT2D eigenvalue weighted by Crippen LogP contribution is -2.38. The lowest BCUT2D eigenvalue weighted by Gasteiger charge is -2.16. The summed E-state index contributed by atoms with van der Waals surface area (Å²) in [4.78, 5) is 35.5. The average molecular weight is 387 g/mol. The fourth-order valence-corrected chi connectivity index (χ4v) is 2.96. The van der Waals surface area contributed by atoms with Gasteiger partial charge in [0, 0.05) is 16.3 Å². The zero-order valence-corrected chi connectivity index (χ0v) is 15.4. The Kier molecular flexibility index (Phi) is 5.19. The third-order valence-electron chi connectivity index (χ3n) is 4.70. The summed E-state index contributed by atoms with van der Waals surface area (Å²) in [5, 5.41) is 14.7. The number of hydrogen-bond donors (Lipinski definition) is 3. The van der Waals surface area contributed by atoms with Gasteiger partial charge >= 0.3 is 5.97 Å². The van der Waals surface area contributed by atoms with Crippen molar-refractivity contribution in [1.29, 1.82) is 0 Å². The van der Waals surface area contributed by atoms with Crippen LogP contribution in [0.15, 0.2) is 48.5 Å². The highest BCUT2D eigenvalue weighted by Crippen LogP contribution is 2.49. The van der Waals surface area contributed by atoms with E-state index in [1.165, 1.54) is 6.92 Å². The van der Waals surface area contributed by atoms with E-state index in [0.29, 0.717) is 16.3 Å². The summed E-state index contributed by atoms with van der Waals surface area (Å²) in [5.74, 6) is -1.69. The second-order valence-corrected chi connectivity index (χ2v) is 7.09. The third kappa shape index (κ3) is 4.11. The molecule has 0 aliphatic heterocycles. The number of carboxylic acids is 1. The average Bonchev–Trinajstić information content (AvgIpc) is 3.44. The molecule has 1 aliphatic rings. The highest BCUT2D eigenvalue weighted by molar-refractivity contribution is 6.30. The molecule has 1 aliphatic carbocycles. The number of aliphatic carboxylic acids is 1. The van der Waals surface area contributed by atoms with E-state index in [2.05, 4.69) is 10.6 Å². The summed E-state index contributed by atoms with van der Waals surface area (Å²) in [7, 11) is 0. The first kappa shape index (κ1) is 18.9. The van der Waals surface area contributed by atoms with E-state index in [1.54, 1.807) is 36.4 Å². The summed E-state index contributed by atoms with van der Waals surface area (Å²) < 4.78 is 0. The van der Waals surface area contributed by atoms with Crippen molar-refractivity contribution < 1.29 is 19.5 Å². The number of carbonyl (C=O) groups is 3. The van der Waals surface area contributed by atoms with Gasteiger partial charge in [-0.25, -0.2) is 0 Å². The number of hydrogen-bond acceptors (Lipinski definition) is 3. The molecular weight excluding hydrogens is 368 g/mol. The highest BCUT2D eigenvalue weighted by Gasteiger charge is 2.51. The minimum absolute atomic E-state index is 0.0958. The topological polar surface area (TPSA) is 95.5 Å². The van der Waals surface area contributed by atoms with E-state index in [4.69, 9.17) is 16.7 Å². The van der Waals surface area contributed by atoms with E-state index in [0.717, 1.165) is 18.4 Å². The smallest absolute Gasteiger partial charge is 0.325 e. The molecule has 140 valence electrons. The van der Waals surface area contributed by atoms with Crippen molar-refractivity contribution >= 4 is 35.1 Å². The Morgan fingerprint density at radius 1 is 1.04 bits per heavy atom. The van der Waals surface area contributed by atoms with Crippen LogP contribution in [0.3, 0.4) is 0 Å². The van der Waals surface area contributed by atoms with Gasteiger partial charge in [0.05, 0.1) is 5.41 Å². The Hall–Kier alpha value is -2.86. The van der Waals surface area contributed by atoms with Crippen molar-refractivity contribution in [2.75, 3.05) is 5.32 Å². The molecule has 1 saturated carbocycles. The standard InChI is InChI=1S/C20H19ClN2O4/c1-12(18(25)26)22-17(24)13-2-8-16(9-3-13)23-19(27)20(10-11-20)14-4-6-15(21)7-5-14/h2-9,12H,10-11H2,1H3,(H,22,24)(H,23,27)(H,25,26). The molecule has 1 atom stereocenters. The summed E-state index contributed by atoms with van der Waals surface area (Å²) in [6.07, 6.45) is 1.54. The largest absolute Gasteiger partial charge is 0.480 e. The van der Waals surface area contributed by atoms with Gasteiger partial charge < -0.3 is 15.7 Å². The minimum Gasteiger partial charge on any atom is -0.480 e. The summed E-state index contributed by atoms with van der Waals surface area (Å²) in [5.41, 5.74) is 1.29. The maximum Gasteiger partial charge on any atom is 0.325 e. The molecule has 2 amide bonds. The summed E-state index contributed by atoms with van der Waals surface area (Å²) in [6, 6.07) is 12.6. The van der Waals surface area contributed by atoms with Crippen molar-refractivity contribution in [3.05, 3.63) is 64.7 Å². The molecule has 3 N–H and O–H groups in total. The predicted octanol–water partition coefficient (Wildman–Crippen LogP) is 3.21. The molecule has 3 rings (SSSR count). The molecule has 0 aromatic heterocycles. The predicted molar refractivity (Wildman–Crippen MR) is 102 cm³/mol. The maximum atomic E-state index is 12.7. The van der Waals surface area contributed by atoms with Crippen LogP contribution in [-0.4, -0.2) is 28.9 Å². The Bertz CT molecular complexity index is 874. The van der Waals surface area contributed by atoms with Crippen LogP contribution >= 0.6 is 11.6 Å². The van der Waals surface area contributed by atoms with Crippen molar-refractivity contribution in [3.63, 3.8) is 0 Å². The molecule has 0 saturated heterocycles. The Morgan fingerprint density at radius 3 is 2.15 bits per heavy atom. The van der Waals surface area contributed by atoms with E-state index in [9.17, 15) is 14.4 Å². The van der Waals surface area contributed by atoms with Gasteiger partial charge in [-0.3, -0.25) is 14.4 Å². The molecular formula is C20H19ClN2O4. The molecule has 2 aromatic carbocycles. The number of carbonyl (C=O) groups excluding carboxylic acids is 2. The number of halogens is 1. The maximum absolute atomic E-state index is 12.7. The molecule has 0 radical (unpaired) electrons. The summed E-state index contributed by atoms with van der Waals surface area (Å²) >= 11 is 5.91. The van der Waals surface area contributed by atoms with Crippen molar-refractivity contribution in [1.82, 2.24) is 5.32 Å². The SMILES string of the molecule is CC(NC(=O)c1ccc(NC(=O)C2(c3ccc(Cl)cc3)CC2)cc1)C(=O)O. The lowest BCUT2D eigenvalue weighted by atomic mass is 9.95. The Labute approximate surface area is 161 Å². The number of amides is 2. The van der Waals surface area contributed by atoms with Gasteiger partial charge in [0.2, 0.25) is 5.91 Å².